The van der Waals surface area contributed by atoms with E-state index >= 15 is 0 Å². The molecule has 1 aromatic rings. The first-order valence-corrected chi connectivity index (χ1v) is 3.66. The van der Waals surface area contributed by atoms with Gasteiger partial charge in [-0.05, 0) is 0 Å². The molecule has 2 heterocycles. The number of rotatable bonds is 1. The lowest BCUT2D eigenvalue weighted by molar-refractivity contribution is 0.0686. The maximum absolute atomic E-state index is 10.6. The predicted octanol–water partition coefficient (Wildman–Crippen LogP) is 0.181. The summed E-state index contributed by atoms with van der Waals surface area (Å²) in [7, 11) is 0. The van der Waals surface area contributed by atoms with E-state index in [-0.39, 0.29) is 5.69 Å². The third kappa shape index (κ3) is 0.984. The monoisotopic (exact) mass is 168 g/mol. The molecule has 1 aliphatic rings. The minimum absolute atomic E-state index is 0.133. The average molecular weight is 168 g/mol. The van der Waals surface area contributed by atoms with Gasteiger partial charge in [-0.25, -0.2) is 4.79 Å². The fourth-order valence-electron chi connectivity index (χ4n) is 1.32. The number of fused-ring (bicyclic) bond motifs is 1. The number of ether oxygens (including phenoxy) is 1. The van der Waals surface area contributed by atoms with Crippen LogP contribution in [0.15, 0.2) is 0 Å². The van der Waals surface area contributed by atoms with E-state index in [1.165, 1.54) is 0 Å². The first kappa shape index (κ1) is 7.30. The van der Waals surface area contributed by atoms with Crippen LogP contribution in [0.4, 0.5) is 0 Å². The summed E-state index contributed by atoms with van der Waals surface area (Å²) in [4.78, 5) is 10.6. The van der Waals surface area contributed by atoms with Gasteiger partial charge < -0.3 is 9.84 Å². The molecule has 0 amide bonds. The molecule has 12 heavy (non-hydrogen) atoms. The van der Waals surface area contributed by atoms with Gasteiger partial charge in [0.2, 0.25) is 0 Å². The van der Waals surface area contributed by atoms with E-state index in [4.69, 9.17) is 9.84 Å². The van der Waals surface area contributed by atoms with Crippen molar-refractivity contribution in [3.63, 3.8) is 0 Å². The molecule has 0 fully saturated rings. The molecule has 0 spiro atoms. The number of hydrogen-bond donors (Lipinski definition) is 2. The van der Waals surface area contributed by atoms with Crippen LogP contribution in [0.5, 0.6) is 0 Å². The normalized spacial score (nSPS) is 15.7. The predicted molar refractivity (Wildman–Crippen MR) is 38.9 cm³/mol. The van der Waals surface area contributed by atoms with Crippen LogP contribution in [0.3, 0.4) is 0 Å². The third-order valence-electron chi connectivity index (χ3n) is 1.90. The molecule has 2 rings (SSSR count). The molecule has 0 atom stereocenters. The Hall–Kier alpha value is -1.36. The smallest absolute Gasteiger partial charge is 0.356 e. The Labute approximate surface area is 68.4 Å². The van der Waals surface area contributed by atoms with Gasteiger partial charge in [-0.1, -0.05) is 0 Å². The lowest BCUT2D eigenvalue weighted by Crippen LogP contribution is -2.11. The number of hydrogen-bond acceptors (Lipinski definition) is 3. The van der Waals surface area contributed by atoms with E-state index in [0.717, 1.165) is 11.3 Å². The van der Waals surface area contributed by atoms with Crippen molar-refractivity contribution in [3.8, 4) is 0 Å². The second-order valence-corrected chi connectivity index (χ2v) is 2.64. The molecule has 0 bridgehead atoms. The highest BCUT2D eigenvalue weighted by molar-refractivity contribution is 5.87. The highest BCUT2D eigenvalue weighted by Gasteiger charge is 2.20. The average Bonchev–Trinajstić information content (AvgIpc) is 2.47. The van der Waals surface area contributed by atoms with Crippen LogP contribution in [-0.2, 0) is 17.8 Å². The summed E-state index contributed by atoms with van der Waals surface area (Å²) in [5.74, 6) is -0.977. The number of H-pyrrole nitrogens is 1. The Balaban J connectivity index is 2.44. The summed E-state index contributed by atoms with van der Waals surface area (Å²) in [5.41, 5.74) is 1.71. The van der Waals surface area contributed by atoms with Gasteiger partial charge in [0.1, 0.15) is 0 Å². The number of carboxylic acid groups (broad SMARTS) is 1. The Morgan fingerprint density at radius 1 is 1.67 bits per heavy atom. The van der Waals surface area contributed by atoms with Crippen LogP contribution in [0.1, 0.15) is 21.7 Å². The largest absolute Gasteiger partial charge is 0.476 e. The lowest BCUT2D eigenvalue weighted by Gasteiger charge is -2.10. The van der Waals surface area contributed by atoms with Crippen LogP contribution in [-0.4, -0.2) is 27.9 Å². The summed E-state index contributed by atoms with van der Waals surface area (Å²) in [6, 6.07) is 0. The first-order chi connectivity index (χ1) is 5.79. The van der Waals surface area contributed by atoms with Crippen molar-refractivity contribution in [3.05, 3.63) is 17.0 Å². The molecular weight excluding hydrogens is 160 g/mol. The third-order valence-corrected chi connectivity index (χ3v) is 1.90. The number of aromatic nitrogens is 2. The highest BCUT2D eigenvalue weighted by Crippen LogP contribution is 2.17. The standard InChI is InChI=1S/C7H8N2O3/c10-7(11)6-4-1-2-12-3-5(4)8-9-6/h1-3H2,(H,8,9)(H,10,11). The molecule has 64 valence electrons. The number of nitrogens with one attached hydrogen (secondary N) is 1. The Kier molecular flexibility index (Phi) is 1.58. The molecule has 0 saturated heterocycles. The van der Waals surface area contributed by atoms with Gasteiger partial charge in [-0.15, -0.1) is 0 Å². The van der Waals surface area contributed by atoms with E-state index in [0.29, 0.717) is 19.6 Å². The summed E-state index contributed by atoms with van der Waals surface area (Å²) in [5, 5.41) is 15.1. The van der Waals surface area contributed by atoms with Gasteiger partial charge in [0.15, 0.2) is 5.69 Å². The number of carbonyl (C=O) groups is 1. The van der Waals surface area contributed by atoms with E-state index < -0.39 is 5.97 Å². The van der Waals surface area contributed by atoms with Crippen LogP contribution < -0.4 is 0 Å². The fraction of sp³-hybridized carbons (Fsp3) is 0.429. The minimum atomic E-state index is -0.977. The Bertz CT molecular complexity index is 318. The van der Waals surface area contributed by atoms with E-state index in [1.807, 2.05) is 0 Å². The summed E-state index contributed by atoms with van der Waals surface area (Å²) in [6.45, 7) is 1.02. The Morgan fingerprint density at radius 3 is 3.25 bits per heavy atom. The molecule has 0 unspecified atom stereocenters. The van der Waals surface area contributed by atoms with Crippen LogP contribution in [0.25, 0.3) is 0 Å². The van der Waals surface area contributed by atoms with Crippen molar-refractivity contribution >= 4 is 5.97 Å². The number of aromatic amines is 1. The zero-order chi connectivity index (χ0) is 8.55. The molecule has 5 heteroatoms. The zero-order valence-electron chi connectivity index (χ0n) is 6.33. The SMILES string of the molecule is O=C(O)c1n[nH]c2c1CCOC2. The van der Waals surface area contributed by atoms with Gasteiger partial charge in [0, 0.05) is 12.0 Å². The van der Waals surface area contributed by atoms with E-state index in [1.54, 1.807) is 0 Å². The molecule has 0 radical (unpaired) electrons. The molecular formula is C7H8N2O3. The summed E-state index contributed by atoms with van der Waals surface area (Å²) >= 11 is 0. The van der Waals surface area contributed by atoms with Crippen molar-refractivity contribution in [2.75, 3.05) is 6.61 Å². The van der Waals surface area contributed by atoms with Crippen LogP contribution >= 0.6 is 0 Å². The summed E-state index contributed by atoms with van der Waals surface area (Å²) in [6.07, 6.45) is 0.632. The molecule has 0 aromatic carbocycles. The fourth-order valence-corrected chi connectivity index (χ4v) is 1.32. The van der Waals surface area contributed by atoms with Crippen molar-refractivity contribution < 1.29 is 14.6 Å². The minimum Gasteiger partial charge on any atom is -0.476 e. The molecule has 0 saturated carbocycles. The van der Waals surface area contributed by atoms with Gasteiger partial charge in [0.25, 0.3) is 0 Å². The molecule has 2 N–H and O–H groups in total. The maximum atomic E-state index is 10.6. The van der Waals surface area contributed by atoms with Crippen molar-refractivity contribution in [2.45, 2.75) is 13.0 Å². The van der Waals surface area contributed by atoms with Gasteiger partial charge in [-0.3, -0.25) is 5.10 Å². The van der Waals surface area contributed by atoms with E-state index in [9.17, 15) is 4.79 Å². The van der Waals surface area contributed by atoms with Crippen LogP contribution in [0, 0.1) is 0 Å². The zero-order valence-corrected chi connectivity index (χ0v) is 6.33. The number of aromatic carboxylic acids is 1. The van der Waals surface area contributed by atoms with Crippen molar-refractivity contribution in [1.29, 1.82) is 0 Å². The van der Waals surface area contributed by atoms with Crippen molar-refractivity contribution in [1.82, 2.24) is 10.2 Å². The van der Waals surface area contributed by atoms with Crippen LogP contribution in [0.2, 0.25) is 0 Å². The van der Waals surface area contributed by atoms with Crippen molar-refractivity contribution in [2.24, 2.45) is 0 Å². The first-order valence-electron chi connectivity index (χ1n) is 3.66. The maximum Gasteiger partial charge on any atom is 0.356 e. The van der Waals surface area contributed by atoms with E-state index in [2.05, 4.69) is 10.2 Å². The number of carboxylic acids is 1. The number of nitrogens with zero attached hydrogens (tertiary/aromatic N) is 1. The second-order valence-electron chi connectivity index (χ2n) is 2.64. The molecule has 1 aromatic heterocycles. The summed E-state index contributed by atoms with van der Waals surface area (Å²) < 4.78 is 5.12. The quantitative estimate of drug-likeness (QED) is 0.627. The molecule has 1 aliphatic heterocycles. The Morgan fingerprint density at radius 2 is 2.50 bits per heavy atom. The van der Waals surface area contributed by atoms with Gasteiger partial charge in [-0.2, -0.15) is 5.10 Å². The highest BCUT2D eigenvalue weighted by atomic mass is 16.5. The van der Waals surface area contributed by atoms with Gasteiger partial charge >= 0.3 is 5.97 Å². The topological polar surface area (TPSA) is 75.2 Å². The lowest BCUT2D eigenvalue weighted by atomic mass is 10.1. The molecule has 5 nitrogen and oxygen atoms in total. The second kappa shape index (κ2) is 2.60. The molecule has 0 aliphatic carbocycles. The van der Waals surface area contributed by atoms with Gasteiger partial charge in [0.05, 0.1) is 18.9 Å².